The van der Waals surface area contributed by atoms with E-state index in [-0.39, 0.29) is 0 Å². The summed E-state index contributed by atoms with van der Waals surface area (Å²) in [6.45, 7) is 7.79. The molecule has 0 aliphatic heterocycles. The number of esters is 2. The van der Waals surface area contributed by atoms with Crippen LogP contribution in [0.1, 0.15) is 51.6 Å². The zero-order valence-electron chi connectivity index (χ0n) is 12.7. The van der Waals surface area contributed by atoms with E-state index in [4.69, 9.17) is 4.74 Å². The zero-order valence-corrected chi connectivity index (χ0v) is 12.7. The second-order valence-electron chi connectivity index (χ2n) is 5.28. The van der Waals surface area contributed by atoms with Gasteiger partial charge in [-0.15, -0.1) is 0 Å². The molecule has 0 saturated heterocycles. The topological polar surface area (TPSA) is 43.4 Å². The maximum Gasteiger partial charge on any atom is 0.346 e. The van der Waals surface area contributed by atoms with Gasteiger partial charge in [0.05, 0.1) is 11.1 Å². The van der Waals surface area contributed by atoms with Crippen molar-refractivity contribution in [2.75, 3.05) is 0 Å². The van der Waals surface area contributed by atoms with Gasteiger partial charge in [-0.2, -0.15) is 0 Å². The first-order chi connectivity index (χ1) is 10.5. The molecule has 0 atom stereocenters. The SMILES string of the molecule is C=Cc1ccc(C(=O)OC(=O)c2ccc(C(C)C)cc2)cc1. The van der Waals surface area contributed by atoms with Crippen LogP contribution in [0.4, 0.5) is 0 Å². The zero-order chi connectivity index (χ0) is 16.1. The standard InChI is InChI=1S/C19H18O3/c1-4-14-5-7-16(8-6-14)18(20)22-19(21)17-11-9-15(10-12-17)13(2)3/h4-13H,1H2,2-3H3. The first kappa shape index (κ1) is 15.7. The van der Waals surface area contributed by atoms with Crippen LogP contribution in [0.2, 0.25) is 0 Å². The van der Waals surface area contributed by atoms with Crippen LogP contribution < -0.4 is 0 Å². The summed E-state index contributed by atoms with van der Waals surface area (Å²) in [5.41, 5.74) is 2.72. The first-order valence-corrected chi connectivity index (χ1v) is 7.10. The molecule has 0 bridgehead atoms. The summed E-state index contributed by atoms with van der Waals surface area (Å²) in [6.07, 6.45) is 1.68. The van der Waals surface area contributed by atoms with Crippen LogP contribution in [0.15, 0.2) is 55.1 Å². The predicted octanol–water partition coefficient (Wildman–Crippen LogP) is 4.45. The van der Waals surface area contributed by atoms with E-state index < -0.39 is 11.9 Å². The summed E-state index contributed by atoms with van der Waals surface area (Å²) in [4.78, 5) is 23.9. The lowest BCUT2D eigenvalue weighted by atomic mass is 10.0. The average Bonchev–Trinajstić information content (AvgIpc) is 2.54. The molecule has 0 N–H and O–H groups in total. The molecule has 0 aromatic heterocycles. The molecule has 0 aliphatic carbocycles. The third-order valence-corrected chi connectivity index (χ3v) is 3.38. The maximum atomic E-state index is 12.0. The minimum atomic E-state index is -0.659. The highest BCUT2D eigenvalue weighted by Crippen LogP contribution is 2.15. The molecule has 2 rings (SSSR count). The predicted molar refractivity (Wildman–Crippen MR) is 86.8 cm³/mol. The van der Waals surface area contributed by atoms with Gasteiger partial charge in [0.25, 0.3) is 0 Å². The Hall–Kier alpha value is -2.68. The van der Waals surface area contributed by atoms with E-state index in [0.29, 0.717) is 17.0 Å². The van der Waals surface area contributed by atoms with Crippen molar-refractivity contribution in [3.8, 4) is 0 Å². The molecule has 2 aromatic rings. The van der Waals surface area contributed by atoms with Gasteiger partial charge < -0.3 is 4.74 Å². The molecule has 0 fully saturated rings. The Bertz CT molecular complexity index is 680. The Kier molecular flexibility index (Phi) is 4.89. The van der Waals surface area contributed by atoms with E-state index in [1.165, 1.54) is 0 Å². The second-order valence-corrected chi connectivity index (χ2v) is 5.28. The quantitative estimate of drug-likeness (QED) is 0.618. The van der Waals surface area contributed by atoms with Gasteiger partial charge in [-0.3, -0.25) is 0 Å². The molecule has 0 spiro atoms. The number of carbonyl (C=O) groups excluding carboxylic acids is 2. The van der Waals surface area contributed by atoms with Crippen molar-refractivity contribution >= 4 is 18.0 Å². The Morgan fingerprint density at radius 2 is 1.36 bits per heavy atom. The molecule has 3 nitrogen and oxygen atoms in total. The van der Waals surface area contributed by atoms with E-state index in [1.54, 1.807) is 42.5 Å². The van der Waals surface area contributed by atoms with Crippen LogP contribution in [-0.4, -0.2) is 11.9 Å². The molecule has 112 valence electrons. The number of carbonyl (C=O) groups is 2. The van der Waals surface area contributed by atoms with E-state index in [2.05, 4.69) is 20.4 Å². The fraction of sp³-hybridized carbons (Fsp3) is 0.158. The van der Waals surface area contributed by atoms with Crippen molar-refractivity contribution in [2.24, 2.45) is 0 Å². The van der Waals surface area contributed by atoms with E-state index >= 15 is 0 Å². The Morgan fingerprint density at radius 3 is 1.77 bits per heavy atom. The van der Waals surface area contributed by atoms with Gasteiger partial charge in [0, 0.05) is 0 Å². The van der Waals surface area contributed by atoms with Crippen LogP contribution in [0.25, 0.3) is 6.08 Å². The number of benzene rings is 2. The summed E-state index contributed by atoms with van der Waals surface area (Å²) < 4.78 is 4.89. The van der Waals surface area contributed by atoms with Crippen molar-refractivity contribution in [3.05, 3.63) is 77.4 Å². The summed E-state index contributed by atoms with van der Waals surface area (Å²) >= 11 is 0. The van der Waals surface area contributed by atoms with Gasteiger partial charge >= 0.3 is 11.9 Å². The molecule has 0 aliphatic rings. The Morgan fingerprint density at radius 1 is 0.909 bits per heavy atom. The molecular formula is C19H18O3. The summed E-state index contributed by atoms with van der Waals surface area (Å²) in [5.74, 6) is -0.920. The largest absolute Gasteiger partial charge is 0.386 e. The van der Waals surface area contributed by atoms with Crippen LogP contribution in [0.5, 0.6) is 0 Å². The van der Waals surface area contributed by atoms with Gasteiger partial charge in [-0.25, -0.2) is 9.59 Å². The Labute approximate surface area is 130 Å². The number of ether oxygens (including phenoxy) is 1. The summed E-state index contributed by atoms with van der Waals surface area (Å²) in [7, 11) is 0. The van der Waals surface area contributed by atoms with Crippen molar-refractivity contribution in [1.82, 2.24) is 0 Å². The minimum absolute atomic E-state index is 0.331. The van der Waals surface area contributed by atoms with Crippen molar-refractivity contribution in [2.45, 2.75) is 19.8 Å². The summed E-state index contributed by atoms with van der Waals surface area (Å²) in [5, 5.41) is 0. The van der Waals surface area contributed by atoms with E-state index in [0.717, 1.165) is 11.1 Å². The fourth-order valence-electron chi connectivity index (χ4n) is 1.96. The molecule has 0 unspecified atom stereocenters. The lowest BCUT2D eigenvalue weighted by molar-refractivity contribution is 0.0398. The van der Waals surface area contributed by atoms with Crippen molar-refractivity contribution in [3.63, 3.8) is 0 Å². The number of hydrogen-bond acceptors (Lipinski definition) is 3. The monoisotopic (exact) mass is 294 g/mol. The Balaban J connectivity index is 2.06. The lowest BCUT2D eigenvalue weighted by Gasteiger charge is -2.07. The van der Waals surface area contributed by atoms with Crippen LogP contribution in [0, 0.1) is 0 Å². The van der Waals surface area contributed by atoms with Gasteiger partial charge in [-0.1, -0.05) is 50.8 Å². The molecule has 3 heteroatoms. The van der Waals surface area contributed by atoms with Gasteiger partial charge in [0.15, 0.2) is 0 Å². The molecule has 0 amide bonds. The molecule has 0 saturated carbocycles. The lowest BCUT2D eigenvalue weighted by Crippen LogP contribution is -2.12. The number of rotatable bonds is 4. The van der Waals surface area contributed by atoms with E-state index in [1.807, 2.05) is 12.1 Å². The highest BCUT2D eigenvalue weighted by Gasteiger charge is 2.15. The van der Waals surface area contributed by atoms with Gasteiger partial charge in [-0.05, 0) is 41.3 Å². The molecule has 0 heterocycles. The molecule has 0 radical (unpaired) electrons. The van der Waals surface area contributed by atoms with Crippen molar-refractivity contribution < 1.29 is 14.3 Å². The second kappa shape index (κ2) is 6.85. The molecule has 2 aromatic carbocycles. The maximum absolute atomic E-state index is 12.0. The van der Waals surface area contributed by atoms with Crippen LogP contribution in [0.3, 0.4) is 0 Å². The van der Waals surface area contributed by atoms with Crippen LogP contribution >= 0.6 is 0 Å². The molecule has 22 heavy (non-hydrogen) atoms. The van der Waals surface area contributed by atoms with E-state index in [9.17, 15) is 9.59 Å². The highest BCUT2D eigenvalue weighted by molar-refractivity contribution is 6.02. The smallest absolute Gasteiger partial charge is 0.346 e. The first-order valence-electron chi connectivity index (χ1n) is 7.10. The van der Waals surface area contributed by atoms with Crippen molar-refractivity contribution in [1.29, 1.82) is 0 Å². The number of hydrogen-bond donors (Lipinski definition) is 0. The highest BCUT2D eigenvalue weighted by atomic mass is 16.6. The average molecular weight is 294 g/mol. The fourth-order valence-corrected chi connectivity index (χ4v) is 1.96. The van der Waals surface area contributed by atoms with Gasteiger partial charge in [0.1, 0.15) is 0 Å². The minimum Gasteiger partial charge on any atom is -0.386 e. The van der Waals surface area contributed by atoms with Crippen LogP contribution in [-0.2, 0) is 4.74 Å². The molecular weight excluding hydrogens is 276 g/mol. The van der Waals surface area contributed by atoms with Gasteiger partial charge in [0.2, 0.25) is 0 Å². The third-order valence-electron chi connectivity index (χ3n) is 3.38. The summed E-state index contributed by atoms with van der Waals surface area (Å²) in [6, 6.07) is 13.8. The third kappa shape index (κ3) is 3.70. The normalized spacial score (nSPS) is 10.3.